The monoisotopic (exact) mass is 536 g/mol. The number of guanidine groups is 1. The number of rotatable bonds is 8. The first-order valence-corrected chi connectivity index (χ1v) is 9.99. The van der Waals surface area contributed by atoms with Crippen LogP contribution in [-0.4, -0.2) is 32.1 Å². The molecule has 0 fully saturated rings. The van der Waals surface area contributed by atoms with E-state index >= 15 is 0 Å². The zero-order valence-electron chi connectivity index (χ0n) is 18.0. The van der Waals surface area contributed by atoms with Crippen molar-refractivity contribution in [2.24, 2.45) is 4.99 Å². The lowest BCUT2D eigenvalue weighted by molar-refractivity contribution is -0.119. The molecule has 0 aliphatic heterocycles. The molecule has 3 aromatic rings. The predicted molar refractivity (Wildman–Crippen MR) is 134 cm³/mol. The molecule has 0 saturated heterocycles. The summed E-state index contributed by atoms with van der Waals surface area (Å²) in [6.07, 6.45) is 0. The van der Waals surface area contributed by atoms with E-state index in [0.717, 1.165) is 33.6 Å². The maximum atomic E-state index is 12.2. The van der Waals surface area contributed by atoms with E-state index in [9.17, 15) is 4.79 Å². The Hall–Kier alpha value is -2.75. The van der Waals surface area contributed by atoms with Crippen LogP contribution in [0, 0.1) is 6.92 Å². The highest BCUT2D eigenvalue weighted by atomic mass is 127. The summed E-state index contributed by atoms with van der Waals surface area (Å²) in [6, 6.07) is 15.5. The van der Waals surface area contributed by atoms with E-state index in [-0.39, 0.29) is 36.4 Å². The fraction of sp³-hybridized carbons (Fsp3) is 0.304. The highest BCUT2D eigenvalue weighted by molar-refractivity contribution is 14.0. The number of hydrogen-bond donors (Lipinski definition) is 3. The van der Waals surface area contributed by atoms with Gasteiger partial charge in [-0.15, -0.1) is 24.0 Å². The highest BCUT2D eigenvalue weighted by Crippen LogP contribution is 2.24. The van der Waals surface area contributed by atoms with Gasteiger partial charge in [-0.05, 0) is 37.6 Å². The third kappa shape index (κ3) is 6.88. The van der Waals surface area contributed by atoms with Crippen molar-refractivity contribution in [3.05, 3.63) is 65.4 Å². The number of methoxy groups -OCH3 is 1. The molecule has 3 N–H and O–H groups in total. The van der Waals surface area contributed by atoms with Crippen LogP contribution in [0.25, 0.3) is 11.0 Å². The summed E-state index contributed by atoms with van der Waals surface area (Å²) in [6.45, 7) is 5.68. The van der Waals surface area contributed by atoms with E-state index in [4.69, 9.17) is 9.15 Å². The smallest absolute Gasteiger partial charge is 0.242 e. The summed E-state index contributed by atoms with van der Waals surface area (Å²) in [5, 5.41) is 10.4. The number of amides is 1. The second-order valence-corrected chi connectivity index (χ2v) is 6.82. The Morgan fingerprint density at radius 2 is 1.77 bits per heavy atom. The Kier molecular flexibility index (Phi) is 9.64. The van der Waals surface area contributed by atoms with Crippen LogP contribution in [0.4, 0.5) is 0 Å². The van der Waals surface area contributed by atoms with Crippen molar-refractivity contribution < 1.29 is 13.9 Å². The molecule has 0 aliphatic carbocycles. The van der Waals surface area contributed by atoms with Gasteiger partial charge in [0.25, 0.3) is 0 Å². The Morgan fingerprint density at radius 1 is 1.03 bits per heavy atom. The zero-order valence-corrected chi connectivity index (χ0v) is 20.4. The molecular formula is C23H29IN4O3. The van der Waals surface area contributed by atoms with E-state index in [1.54, 1.807) is 7.11 Å². The summed E-state index contributed by atoms with van der Waals surface area (Å²) in [5.41, 5.74) is 2.97. The van der Waals surface area contributed by atoms with Crippen LogP contribution in [0.3, 0.4) is 0 Å². The van der Waals surface area contributed by atoms with Crippen LogP contribution in [0.5, 0.6) is 5.75 Å². The largest absolute Gasteiger partial charge is 0.497 e. The lowest BCUT2D eigenvalue weighted by Gasteiger charge is -2.11. The Labute approximate surface area is 199 Å². The second-order valence-electron chi connectivity index (χ2n) is 6.82. The van der Waals surface area contributed by atoms with Crippen LogP contribution < -0.4 is 20.7 Å². The van der Waals surface area contributed by atoms with E-state index in [2.05, 4.69) is 20.9 Å². The number of ether oxygens (including phenoxy) is 1. The molecule has 0 saturated carbocycles. The first kappa shape index (κ1) is 24.5. The summed E-state index contributed by atoms with van der Waals surface area (Å²) >= 11 is 0. The second kappa shape index (κ2) is 12.2. The molecule has 1 amide bonds. The van der Waals surface area contributed by atoms with Crippen LogP contribution in [0.15, 0.2) is 57.9 Å². The molecule has 0 unspecified atom stereocenters. The molecule has 0 radical (unpaired) electrons. The van der Waals surface area contributed by atoms with Crippen molar-refractivity contribution in [2.75, 3.05) is 20.2 Å². The van der Waals surface area contributed by atoms with Crippen molar-refractivity contribution in [3.8, 4) is 5.75 Å². The lowest BCUT2D eigenvalue weighted by Crippen LogP contribution is -2.38. The van der Waals surface area contributed by atoms with Crippen molar-refractivity contribution in [3.63, 3.8) is 0 Å². The van der Waals surface area contributed by atoms with E-state index in [0.29, 0.717) is 25.6 Å². The summed E-state index contributed by atoms with van der Waals surface area (Å²) in [5.74, 6) is 2.06. The minimum Gasteiger partial charge on any atom is -0.497 e. The minimum atomic E-state index is -0.150. The number of halogens is 1. The number of benzene rings is 2. The Morgan fingerprint density at radius 3 is 2.45 bits per heavy atom. The average Bonchev–Trinajstić information content (AvgIpc) is 3.10. The maximum absolute atomic E-state index is 12.2. The van der Waals surface area contributed by atoms with Gasteiger partial charge in [-0.1, -0.05) is 30.3 Å². The maximum Gasteiger partial charge on any atom is 0.242 e. The normalized spacial score (nSPS) is 11.0. The number of nitrogens with one attached hydrogen (secondary N) is 3. The van der Waals surface area contributed by atoms with Crippen LogP contribution in [0.1, 0.15) is 23.8 Å². The van der Waals surface area contributed by atoms with Gasteiger partial charge < -0.3 is 25.1 Å². The lowest BCUT2D eigenvalue weighted by atomic mass is 10.1. The molecule has 0 spiro atoms. The molecule has 8 heteroatoms. The van der Waals surface area contributed by atoms with Gasteiger partial charge in [0.15, 0.2) is 5.96 Å². The first-order valence-electron chi connectivity index (χ1n) is 9.99. The van der Waals surface area contributed by atoms with Crippen molar-refractivity contribution in [1.29, 1.82) is 0 Å². The quantitative estimate of drug-likeness (QED) is 0.232. The molecule has 3 rings (SSSR count). The third-order valence-corrected chi connectivity index (χ3v) is 4.73. The topological polar surface area (TPSA) is 87.9 Å². The molecule has 31 heavy (non-hydrogen) atoms. The number of carbonyl (C=O) groups is 1. The molecule has 7 nitrogen and oxygen atoms in total. The SMILES string of the molecule is CCNC(=NCC(=O)NCc1ccc(OC)cc1)NCc1oc2ccccc2c1C.I. The molecule has 2 aromatic carbocycles. The first-order chi connectivity index (χ1) is 14.6. The number of aliphatic imine (C=N–C) groups is 1. The van der Waals surface area contributed by atoms with Gasteiger partial charge in [0, 0.05) is 24.0 Å². The van der Waals surface area contributed by atoms with Gasteiger partial charge in [0.05, 0.1) is 13.7 Å². The molecule has 0 atom stereocenters. The van der Waals surface area contributed by atoms with Gasteiger partial charge >= 0.3 is 0 Å². The number of para-hydroxylation sites is 1. The van der Waals surface area contributed by atoms with E-state index in [1.807, 2.05) is 62.4 Å². The Bertz CT molecular complexity index is 1020. The number of furan rings is 1. The van der Waals surface area contributed by atoms with Gasteiger partial charge in [0.2, 0.25) is 5.91 Å². The van der Waals surface area contributed by atoms with E-state index in [1.165, 1.54) is 0 Å². The molecular weight excluding hydrogens is 507 g/mol. The van der Waals surface area contributed by atoms with Crippen LogP contribution >= 0.6 is 24.0 Å². The van der Waals surface area contributed by atoms with E-state index < -0.39 is 0 Å². The number of nitrogens with zero attached hydrogens (tertiary/aromatic N) is 1. The number of carbonyl (C=O) groups excluding carboxylic acids is 1. The predicted octanol–water partition coefficient (Wildman–Crippen LogP) is 3.74. The minimum absolute atomic E-state index is 0. The summed E-state index contributed by atoms with van der Waals surface area (Å²) in [4.78, 5) is 16.5. The fourth-order valence-corrected chi connectivity index (χ4v) is 3.05. The Balaban J connectivity index is 0.00000341. The van der Waals surface area contributed by atoms with Crippen LogP contribution in [-0.2, 0) is 17.9 Å². The summed E-state index contributed by atoms with van der Waals surface area (Å²) < 4.78 is 11.1. The van der Waals surface area contributed by atoms with Gasteiger partial charge in [-0.2, -0.15) is 0 Å². The number of hydrogen-bond acceptors (Lipinski definition) is 4. The molecule has 1 aromatic heterocycles. The highest BCUT2D eigenvalue weighted by Gasteiger charge is 2.10. The molecule has 0 bridgehead atoms. The summed E-state index contributed by atoms with van der Waals surface area (Å²) in [7, 11) is 1.63. The van der Waals surface area contributed by atoms with Crippen molar-refractivity contribution in [2.45, 2.75) is 26.9 Å². The van der Waals surface area contributed by atoms with Gasteiger partial charge in [0.1, 0.15) is 23.6 Å². The molecule has 0 aliphatic rings. The standard InChI is InChI=1S/C23H28N4O3.HI/c1-4-24-23(26-14-21-16(2)19-7-5-6-8-20(19)30-21)27-15-22(28)25-13-17-9-11-18(29-3)12-10-17;/h5-12H,4,13-15H2,1-3H3,(H,25,28)(H2,24,26,27);1H. The number of aryl methyl sites for hydroxylation is 1. The van der Waals surface area contributed by atoms with Gasteiger partial charge in [-0.3, -0.25) is 4.79 Å². The van der Waals surface area contributed by atoms with Crippen molar-refractivity contribution in [1.82, 2.24) is 16.0 Å². The zero-order chi connectivity index (χ0) is 21.3. The van der Waals surface area contributed by atoms with Crippen LogP contribution in [0.2, 0.25) is 0 Å². The fourth-order valence-electron chi connectivity index (χ4n) is 3.05. The van der Waals surface area contributed by atoms with Crippen molar-refractivity contribution >= 4 is 46.8 Å². The van der Waals surface area contributed by atoms with Gasteiger partial charge in [-0.25, -0.2) is 4.99 Å². The third-order valence-electron chi connectivity index (χ3n) is 4.73. The molecule has 166 valence electrons. The number of fused-ring (bicyclic) bond motifs is 1. The molecule has 1 heterocycles. The average molecular weight is 536 g/mol.